The Morgan fingerprint density at radius 2 is 1.52 bits per heavy atom. The summed E-state index contributed by atoms with van der Waals surface area (Å²) in [6.45, 7) is 4.53. The summed E-state index contributed by atoms with van der Waals surface area (Å²) >= 11 is 6.32. The van der Waals surface area contributed by atoms with Gasteiger partial charge in [0.1, 0.15) is 6.54 Å². The van der Waals surface area contributed by atoms with Crippen LogP contribution in [0.5, 0.6) is 0 Å². The highest BCUT2D eigenvalue weighted by atomic mass is 35.5. The van der Waals surface area contributed by atoms with Gasteiger partial charge in [0, 0.05) is 37.3 Å². The number of halogens is 1. The molecule has 0 N–H and O–H groups in total. The summed E-state index contributed by atoms with van der Waals surface area (Å²) in [5.41, 5.74) is 3.12. The van der Waals surface area contributed by atoms with Crippen LogP contribution in [0.3, 0.4) is 0 Å². The Kier molecular flexibility index (Phi) is 8.71. The Morgan fingerprint density at radius 1 is 0.825 bits per heavy atom. The van der Waals surface area contributed by atoms with Gasteiger partial charge in [-0.15, -0.1) is 10.2 Å². The highest BCUT2D eigenvalue weighted by Crippen LogP contribution is 2.27. The Labute approximate surface area is 240 Å². The van der Waals surface area contributed by atoms with Crippen LogP contribution in [0.25, 0.3) is 11.3 Å². The van der Waals surface area contributed by atoms with Crippen molar-refractivity contribution in [2.24, 2.45) is 0 Å². The third kappa shape index (κ3) is 6.32. The molecular weight excluding hydrogens is 522 g/mol. The number of aromatic nitrogens is 2. The largest absolute Gasteiger partial charge is 0.353 e. The average molecular weight is 554 g/mol. The fourth-order valence-corrected chi connectivity index (χ4v) is 5.22. The van der Waals surface area contributed by atoms with E-state index < -0.39 is 0 Å². The van der Waals surface area contributed by atoms with Crippen LogP contribution in [0.1, 0.15) is 35.3 Å². The first kappa shape index (κ1) is 27.3. The minimum Gasteiger partial charge on any atom is -0.353 e. The fraction of sp³-hybridized carbons (Fsp3) is 0.250. The van der Waals surface area contributed by atoms with Crippen molar-refractivity contribution in [3.8, 4) is 11.3 Å². The molecule has 40 heavy (non-hydrogen) atoms. The van der Waals surface area contributed by atoms with Gasteiger partial charge in [-0.2, -0.15) is 0 Å². The molecule has 0 saturated carbocycles. The molecule has 0 spiro atoms. The second-order valence-corrected chi connectivity index (χ2v) is 10.3. The van der Waals surface area contributed by atoms with Gasteiger partial charge in [-0.05, 0) is 49.2 Å². The lowest BCUT2D eigenvalue weighted by molar-refractivity contribution is -0.132. The molecule has 8 heteroatoms. The van der Waals surface area contributed by atoms with Crippen LogP contribution < -0.4 is 4.90 Å². The molecule has 1 atom stereocenters. The van der Waals surface area contributed by atoms with E-state index >= 15 is 0 Å². The lowest BCUT2D eigenvalue weighted by atomic mass is 10.1. The normalized spacial score (nSPS) is 14.3. The molecule has 1 aliphatic rings. The Morgan fingerprint density at radius 3 is 2.23 bits per heavy atom. The van der Waals surface area contributed by atoms with E-state index in [1.54, 1.807) is 17.0 Å². The van der Waals surface area contributed by atoms with E-state index in [9.17, 15) is 9.59 Å². The predicted molar refractivity (Wildman–Crippen MR) is 158 cm³/mol. The average Bonchev–Trinajstić information content (AvgIpc) is 3.27. The number of benzene rings is 3. The SMILES string of the molecule is CC(c1ccccc1)N(CC(=O)N1CCCN(c2ccc(-c3ccccc3Cl)nn2)CC1)C(=O)c1ccccc1. The summed E-state index contributed by atoms with van der Waals surface area (Å²) in [6.07, 6.45) is 0.792. The zero-order valence-electron chi connectivity index (χ0n) is 22.5. The van der Waals surface area contributed by atoms with Gasteiger partial charge in [-0.1, -0.05) is 78.3 Å². The van der Waals surface area contributed by atoms with Gasteiger partial charge >= 0.3 is 0 Å². The Hall–Kier alpha value is -4.23. The van der Waals surface area contributed by atoms with E-state index in [2.05, 4.69) is 15.1 Å². The van der Waals surface area contributed by atoms with Gasteiger partial charge in [-0.3, -0.25) is 9.59 Å². The van der Waals surface area contributed by atoms with Crippen molar-refractivity contribution < 1.29 is 9.59 Å². The van der Waals surface area contributed by atoms with Gasteiger partial charge in [-0.25, -0.2) is 0 Å². The summed E-state index contributed by atoms with van der Waals surface area (Å²) in [4.78, 5) is 32.8. The summed E-state index contributed by atoms with van der Waals surface area (Å²) in [6, 6.07) is 30.2. The van der Waals surface area contributed by atoms with Crippen LogP contribution in [-0.4, -0.2) is 64.5 Å². The number of rotatable bonds is 7. The first-order valence-corrected chi connectivity index (χ1v) is 13.9. The highest BCUT2D eigenvalue weighted by Gasteiger charge is 2.28. The van der Waals surface area contributed by atoms with Crippen LogP contribution in [-0.2, 0) is 4.79 Å². The van der Waals surface area contributed by atoms with Crippen molar-refractivity contribution >= 4 is 29.2 Å². The monoisotopic (exact) mass is 553 g/mol. The van der Waals surface area contributed by atoms with Crippen molar-refractivity contribution in [1.29, 1.82) is 0 Å². The molecule has 4 aromatic rings. The highest BCUT2D eigenvalue weighted by molar-refractivity contribution is 6.33. The third-order valence-corrected chi connectivity index (χ3v) is 7.64. The van der Waals surface area contributed by atoms with Crippen molar-refractivity contribution in [2.45, 2.75) is 19.4 Å². The van der Waals surface area contributed by atoms with Gasteiger partial charge in [0.15, 0.2) is 5.82 Å². The third-order valence-electron chi connectivity index (χ3n) is 7.31. The molecule has 1 aliphatic heterocycles. The standard InChI is InChI=1S/C32H32ClN5O2/c1-24(25-11-4-2-5-12-25)38(32(40)26-13-6-3-7-14-26)23-31(39)37-20-10-19-36(21-22-37)30-18-17-29(34-35-30)27-15-8-9-16-28(27)33/h2-9,11-18,24H,10,19-23H2,1H3. The van der Waals surface area contributed by atoms with Crippen LogP contribution in [0.15, 0.2) is 97.1 Å². The van der Waals surface area contributed by atoms with Crippen LogP contribution in [0.2, 0.25) is 5.02 Å². The molecule has 2 heterocycles. The molecule has 1 saturated heterocycles. The maximum atomic E-state index is 13.6. The molecule has 1 unspecified atom stereocenters. The molecule has 3 aromatic carbocycles. The first-order chi connectivity index (χ1) is 19.5. The lowest BCUT2D eigenvalue weighted by Gasteiger charge is -2.31. The molecule has 1 aromatic heterocycles. The molecular formula is C32H32ClN5O2. The van der Waals surface area contributed by atoms with E-state index in [1.807, 2.05) is 96.8 Å². The molecule has 7 nitrogen and oxygen atoms in total. The predicted octanol–water partition coefficient (Wildman–Crippen LogP) is 5.74. The first-order valence-electron chi connectivity index (χ1n) is 13.5. The van der Waals surface area contributed by atoms with Gasteiger partial charge in [0.05, 0.1) is 16.8 Å². The van der Waals surface area contributed by atoms with Crippen LogP contribution in [0, 0.1) is 0 Å². The van der Waals surface area contributed by atoms with Crippen LogP contribution in [0.4, 0.5) is 5.82 Å². The summed E-state index contributed by atoms with van der Waals surface area (Å²) in [5, 5.41) is 9.49. The van der Waals surface area contributed by atoms with Crippen molar-refractivity contribution in [3.05, 3.63) is 113 Å². The summed E-state index contributed by atoms with van der Waals surface area (Å²) < 4.78 is 0. The Bertz CT molecular complexity index is 1430. The molecule has 0 radical (unpaired) electrons. The number of hydrogen-bond donors (Lipinski definition) is 0. The topological polar surface area (TPSA) is 69.6 Å². The molecule has 204 valence electrons. The minimum absolute atomic E-state index is 0.0100. The summed E-state index contributed by atoms with van der Waals surface area (Å²) in [7, 11) is 0. The van der Waals surface area contributed by atoms with E-state index in [1.165, 1.54) is 0 Å². The maximum Gasteiger partial charge on any atom is 0.254 e. The zero-order chi connectivity index (χ0) is 27.9. The van der Waals surface area contributed by atoms with Gasteiger partial charge in [0.25, 0.3) is 5.91 Å². The van der Waals surface area contributed by atoms with E-state index in [4.69, 9.17) is 11.6 Å². The van der Waals surface area contributed by atoms with Gasteiger partial charge < -0.3 is 14.7 Å². The quantitative estimate of drug-likeness (QED) is 0.292. The van der Waals surface area contributed by atoms with Gasteiger partial charge in [0.2, 0.25) is 5.91 Å². The minimum atomic E-state index is -0.256. The van der Waals surface area contributed by atoms with Crippen molar-refractivity contribution in [1.82, 2.24) is 20.0 Å². The number of carbonyl (C=O) groups is 2. The molecule has 0 bridgehead atoms. The number of carbonyl (C=O) groups excluding carboxylic acids is 2. The van der Waals surface area contributed by atoms with E-state index in [-0.39, 0.29) is 24.4 Å². The second-order valence-electron chi connectivity index (χ2n) is 9.86. The van der Waals surface area contributed by atoms with Crippen LogP contribution >= 0.6 is 11.6 Å². The molecule has 5 rings (SSSR count). The number of anilines is 1. The van der Waals surface area contributed by atoms with Crippen molar-refractivity contribution in [3.63, 3.8) is 0 Å². The molecule has 1 fully saturated rings. The summed E-state index contributed by atoms with van der Waals surface area (Å²) in [5.74, 6) is 0.549. The van der Waals surface area contributed by atoms with Crippen molar-refractivity contribution in [2.75, 3.05) is 37.6 Å². The number of amides is 2. The fourth-order valence-electron chi connectivity index (χ4n) is 4.99. The Balaban J connectivity index is 1.27. The second kappa shape index (κ2) is 12.7. The number of hydrogen-bond acceptors (Lipinski definition) is 5. The number of nitrogens with zero attached hydrogens (tertiary/aromatic N) is 5. The van der Waals surface area contributed by atoms with E-state index in [0.717, 1.165) is 35.6 Å². The lowest BCUT2D eigenvalue weighted by Crippen LogP contribution is -2.45. The smallest absolute Gasteiger partial charge is 0.254 e. The van der Waals surface area contributed by atoms with E-state index in [0.29, 0.717) is 30.2 Å². The maximum absolute atomic E-state index is 13.6. The zero-order valence-corrected chi connectivity index (χ0v) is 23.2. The molecule has 2 amide bonds. The molecule has 0 aliphatic carbocycles.